The van der Waals surface area contributed by atoms with E-state index in [1.807, 2.05) is 11.0 Å². The number of benzene rings is 2. The number of likely N-dealkylation sites (N-methyl/N-ethyl adjacent to an activating group) is 1. The van der Waals surface area contributed by atoms with Gasteiger partial charge in [0.15, 0.2) is 6.61 Å². The number of nitrogens with zero attached hydrogens (tertiary/aromatic N) is 3. The third kappa shape index (κ3) is 6.60. The van der Waals surface area contributed by atoms with Gasteiger partial charge >= 0.3 is 6.18 Å². The number of piperazine rings is 1. The Morgan fingerprint density at radius 1 is 1.02 bits per heavy atom. The molecule has 2 aromatic carbocycles. The quantitative estimate of drug-likeness (QED) is 0.430. The lowest BCUT2D eigenvalue weighted by Gasteiger charge is -2.34. The summed E-state index contributed by atoms with van der Waals surface area (Å²) in [6, 6.07) is 12.8. The van der Waals surface area contributed by atoms with Crippen LogP contribution in [0.15, 0.2) is 54.7 Å². The lowest BCUT2D eigenvalue weighted by molar-refractivity contribution is -0.138. The van der Waals surface area contributed by atoms with Crippen molar-refractivity contribution in [3.8, 4) is 16.9 Å². The van der Waals surface area contributed by atoms with E-state index < -0.39 is 17.6 Å². The highest BCUT2D eigenvalue weighted by molar-refractivity contribution is 5.98. The van der Waals surface area contributed by atoms with Gasteiger partial charge in [0.2, 0.25) is 5.91 Å². The molecule has 0 unspecified atom stereocenters. The predicted octanol–water partition coefficient (Wildman–Crippen LogP) is 4.42. The van der Waals surface area contributed by atoms with Gasteiger partial charge in [-0.3, -0.25) is 14.5 Å². The van der Waals surface area contributed by atoms with Crippen molar-refractivity contribution < 1.29 is 27.5 Å². The molecule has 1 fully saturated rings. The summed E-state index contributed by atoms with van der Waals surface area (Å²) in [6.45, 7) is 5.94. The fraction of sp³-hybridized carbons (Fsp3) is 0.345. The number of halogens is 3. The van der Waals surface area contributed by atoms with Crippen LogP contribution in [0.5, 0.6) is 5.75 Å². The Morgan fingerprint density at radius 3 is 2.45 bits per heavy atom. The minimum absolute atomic E-state index is 0.0629. The van der Waals surface area contributed by atoms with Crippen LogP contribution in [0.25, 0.3) is 11.1 Å². The Balaban J connectivity index is 1.17. The highest BCUT2D eigenvalue weighted by atomic mass is 19.4. The molecule has 0 atom stereocenters. The lowest BCUT2D eigenvalue weighted by atomic mass is 10.0. The van der Waals surface area contributed by atoms with Crippen LogP contribution in [0.4, 0.5) is 24.7 Å². The number of hydrogen-bond acceptors (Lipinski definition) is 6. The van der Waals surface area contributed by atoms with Crippen LogP contribution in [-0.4, -0.2) is 65.9 Å². The number of anilines is 2. The molecule has 2 N–H and O–H groups in total. The molecule has 11 heteroatoms. The topological polar surface area (TPSA) is 86.8 Å². The van der Waals surface area contributed by atoms with Crippen LogP contribution in [0.2, 0.25) is 0 Å². The Kier molecular flexibility index (Phi) is 8.04. The molecule has 0 radical (unpaired) electrons. The number of rotatable bonds is 8. The number of fused-ring (bicyclic) bond motifs is 1. The van der Waals surface area contributed by atoms with Crippen molar-refractivity contribution in [1.82, 2.24) is 14.8 Å². The third-order valence-corrected chi connectivity index (χ3v) is 7.14. The van der Waals surface area contributed by atoms with Crippen molar-refractivity contribution in [2.45, 2.75) is 26.1 Å². The normalized spacial score (nSPS) is 15.9. The van der Waals surface area contributed by atoms with Gasteiger partial charge in [-0.15, -0.1) is 0 Å². The maximum Gasteiger partial charge on any atom is 0.416 e. The van der Waals surface area contributed by atoms with Crippen LogP contribution >= 0.6 is 0 Å². The first kappa shape index (κ1) is 27.6. The molecule has 210 valence electrons. The highest BCUT2D eigenvalue weighted by Crippen LogP contribution is 2.35. The Bertz CT molecular complexity index is 1390. The van der Waals surface area contributed by atoms with Crippen LogP contribution < -0.4 is 15.4 Å². The molecule has 2 aliphatic heterocycles. The number of carbonyl (C=O) groups excluding carboxylic acids is 2. The summed E-state index contributed by atoms with van der Waals surface area (Å²) >= 11 is 0. The fourth-order valence-corrected chi connectivity index (χ4v) is 4.91. The maximum absolute atomic E-state index is 13.9. The second kappa shape index (κ2) is 11.6. The zero-order valence-corrected chi connectivity index (χ0v) is 22.1. The lowest BCUT2D eigenvalue weighted by Crippen LogP contribution is -2.45. The van der Waals surface area contributed by atoms with Crippen molar-refractivity contribution in [3.05, 3.63) is 71.4 Å². The van der Waals surface area contributed by atoms with Gasteiger partial charge in [0.1, 0.15) is 11.6 Å². The fourth-order valence-electron chi connectivity index (χ4n) is 4.91. The molecule has 40 heavy (non-hydrogen) atoms. The van der Waals surface area contributed by atoms with Crippen LogP contribution in [0, 0.1) is 0 Å². The molecular formula is C29H30F3N5O3. The van der Waals surface area contributed by atoms with Gasteiger partial charge in [0, 0.05) is 55.7 Å². The third-order valence-electron chi connectivity index (χ3n) is 7.14. The van der Waals surface area contributed by atoms with Gasteiger partial charge in [-0.2, -0.15) is 13.2 Å². The van der Waals surface area contributed by atoms with Gasteiger partial charge in [0.25, 0.3) is 5.91 Å². The zero-order valence-electron chi connectivity index (χ0n) is 22.1. The van der Waals surface area contributed by atoms with Crippen molar-refractivity contribution in [2.24, 2.45) is 0 Å². The second-order valence-corrected chi connectivity index (χ2v) is 9.90. The molecule has 1 aromatic heterocycles. The summed E-state index contributed by atoms with van der Waals surface area (Å²) in [7, 11) is 0. The van der Waals surface area contributed by atoms with E-state index in [0.29, 0.717) is 24.7 Å². The average molecular weight is 554 g/mol. The standard InChI is InChI=1S/C29H30F3N5O3/c1-2-36-9-11-37(12-10-36)17-20-3-6-23(15-25(20)29(30,31)32)34-27(39)18-40-24-7-4-19(5-8-24)22-13-21-14-26(38)35-28(21)33-16-22/h3-8,13,15-16H,2,9-12,14,17-18H2,1H3,(H,34,39)(H,33,35,38). The summed E-state index contributed by atoms with van der Waals surface area (Å²) in [4.78, 5) is 32.6. The predicted molar refractivity (Wildman–Crippen MR) is 145 cm³/mol. The van der Waals surface area contributed by atoms with E-state index in [2.05, 4.69) is 27.4 Å². The molecule has 2 aliphatic rings. The zero-order chi connectivity index (χ0) is 28.3. The van der Waals surface area contributed by atoms with E-state index in [0.717, 1.165) is 42.4 Å². The van der Waals surface area contributed by atoms with Crippen molar-refractivity contribution in [3.63, 3.8) is 0 Å². The summed E-state index contributed by atoms with van der Waals surface area (Å²) in [5, 5.41) is 5.20. The second-order valence-electron chi connectivity index (χ2n) is 9.90. The molecule has 1 saturated heterocycles. The average Bonchev–Trinajstić information content (AvgIpc) is 3.32. The first-order valence-electron chi connectivity index (χ1n) is 13.1. The summed E-state index contributed by atoms with van der Waals surface area (Å²) < 4.78 is 47.1. The van der Waals surface area contributed by atoms with Crippen molar-refractivity contribution in [2.75, 3.05) is 50.0 Å². The number of carbonyl (C=O) groups is 2. The SMILES string of the molecule is CCN1CCN(Cc2ccc(NC(=O)COc3ccc(-c4cnc5c(c4)CC(=O)N5)cc3)cc2C(F)(F)F)CC1. The number of pyridine rings is 1. The molecule has 5 rings (SSSR count). The number of ether oxygens (including phenoxy) is 1. The van der Waals surface area contributed by atoms with Crippen LogP contribution in [0.3, 0.4) is 0 Å². The summed E-state index contributed by atoms with van der Waals surface area (Å²) in [6.07, 6.45) is -2.59. The molecule has 8 nitrogen and oxygen atoms in total. The van der Waals surface area contributed by atoms with E-state index in [4.69, 9.17) is 4.74 Å². The molecule has 3 aromatic rings. The first-order chi connectivity index (χ1) is 19.2. The van der Waals surface area contributed by atoms with Crippen LogP contribution in [0.1, 0.15) is 23.6 Å². The number of amides is 2. The van der Waals surface area contributed by atoms with Crippen LogP contribution in [-0.2, 0) is 28.7 Å². The van der Waals surface area contributed by atoms with Gasteiger partial charge in [-0.25, -0.2) is 4.98 Å². The molecule has 2 amide bonds. The van der Waals surface area contributed by atoms with E-state index in [-0.39, 0.29) is 36.7 Å². The monoisotopic (exact) mass is 553 g/mol. The molecule has 0 saturated carbocycles. The number of nitrogens with one attached hydrogen (secondary N) is 2. The minimum atomic E-state index is -4.54. The minimum Gasteiger partial charge on any atom is -0.484 e. The maximum atomic E-state index is 13.9. The molecule has 0 bridgehead atoms. The van der Waals surface area contributed by atoms with Crippen molar-refractivity contribution >= 4 is 23.3 Å². The molecule has 3 heterocycles. The molecule has 0 aliphatic carbocycles. The van der Waals surface area contributed by atoms with Crippen molar-refractivity contribution in [1.29, 1.82) is 0 Å². The number of hydrogen-bond donors (Lipinski definition) is 2. The molecule has 0 spiro atoms. The Labute approximate surface area is 230 Å². The number of alkyl halides is 3. The molecular weight excluding hydrogens is 523 g/mol. The first-order valence-corrected chi connectivity index (χ1v) is 13.1. The van der Waals surface area contributed by atoms with E-state index >= 15 is 0 Å². The van der Waals surface area contributed by atoms with E-state index in [1.54, 1.807) is 30.5 Å². The van der Waals surface area contributed by atoms with E-state index in [1.165, 1.54) is 12.1 Å². The van der Waals surface area contributed by atoms with Gasteiger partial charge < -0.3 is 20.3 Å². The Morgan fingerprint density at radius 2 is 1.75 bits per heavy atom. The van der Waals surface area contributed by atoms with Gasteiger partial charge in [-0.05, 0) is 48.0 Å². The largest absolute Gasteiger partial charge is 0.484 e. The summed E-state index contributed by atoms with van der Waals surface area (Å²) in [5.74, 6) is 0.343. The number of aromatic nitrogens is 1. The Hall–Kier alpha value is -3.96. The van der Waals surface area contributed by atoms with Gasteiger partial charge in [-0.1, -0.05) is 25.1 Å². The highest BCUT2D eigenvalue weighted by Gasteiger charge is 2.34. The van der Waals surface area contributed by atoms with E-state index in [9.17, 15) is 22.8 Å². The summed E-state index contributed by atoms with van der Waals surface area (Å²) in [5.41, 5.74) is 2.03. The smallest absolute Gasteiger partial charge is 0.416 e. The van der Waals surface area contributed by atoms with Gasteiger partial charge in [0.05, 0.1) is 12.0 Å².